The van der Waals surface area contributed by atoms with Gasteiger partial charge in [0.1, 0.15) is 5.54 Å². The van der Waals surface area contributed by atoms with Crippen LogP contribution in [-0.4, -0.2) is 41.7 Å². The standard InChI is InChI=1S/C16H20N4O4S/c1-16(11-7-4-3-5-8-11)13(22)20(15(23)18-16)19-14(25)17-10-6-9-12(21)24-2/h3-5,7-8H,6,9-10H2,1-2H3,(H,18,23)(H2,17,19,25)/t16-/m1/s1. The second kappa shape index (κ2) is 7.93. The molecule has 9 heteroatoms. The number of hydrogen-bond acceptors (Lipinski definition) is 5. The number of rotatable bonds is 6. The number of amides is 3. The largest absolute Gasteiger partial charge is 0.469 e. The van der Waals surface area contributed by atoms with Crippen molar-refractivity contribution < 1.29 is 19.1 Å². The third-order valence-electron chi connectivity index (χ3n) is 3.83. The fourth-order valence-corrected chi connectivity index (χ4v) is 2.58. The van der Waals surface area contributed by atoms with Crippen molar-refractivity contribution in [3.63, 3.8) is 0 Å². The molecule has 0 unspecified atom stereocenters. The molecule has 0 saturated carbocycles. The predicted molar refractivity (Wildman–Crippen MR) is 94.2 cm³/mol. The summed E-state index contributed by atoms with van der Waals surface area (Å²) in [5.74, 6) is -0.768. The summed E-state index contributed by atoms with van der Waals surface area (Å²) < 4.78 is 4.54. The van der Waals surface area contributed by atoms with E-state index < -0.39 is 17.5 Å². The van der Waals surface area contributed by atoms with Crippen LogP contribution in [0.5, 0.6) is 0 Å². The molecule has 0 spiro atoms. The van der Waals surface area contributed by atoms with E-state index >= 15 is 0 Å². The third kappa shape index (κ3) is 4.24. The first-order valence-electron chi connectivity index (χ1n) is 7.72. The van der Waals surface area contributed by atoms with E-state index in [1.165, 1.54) is 7.11 Å². The molecule has 8 nitrogen and oxygen atoms in total. The first-order valence-corrected chi connectivity index (χ1v) is 8.13. The van der Waals surface area contributed by atoms with Gasteiger partial charge in [0, 0.05) is 13.0 Å². The van der Waals surface area contributed by atoms with Gasteiger partial charge in [-0.3, -0.25) is 15.0 Å². The van der Waals surface area contributed by atoms with E-state index in [4.69, 9.17) is 12.2 Å². The first-order chi connectivity index (χ1) is 11.9. The molecule has 0 aromatic heterocycles. The van der Waals surface area contributed by atoms with Crippen LogP contribution in [0.4, 0.5) is 4.79 Å². The average Bonchev–Trinajstić information content (AvgIpc) is 2.83. The van der Waals surface area contributed by atoms with E-state index in [0.29, 0.717) is 18.5 Å². The highest BCUT2D eigenvalue weighted by Gasteiger charge is 2.49. The molecule has 134 valence electrons. The molecule has 1 aromatic carbocycles. The molecule has 1 aromatic rings. The van der Waals surface area contributed by atoms with E-state index in [2.05, 4.69) is 20.8 Å². The summed E-state index contributed by atoms with van der Waals surface area (Å²) >= 11 is 5.08. The van der Waals surface area contributed by atoms with Gasteiger partial charge in [-0.2, -0.15) is 5.01 Å². The van der Waals surface area contributed by atoms with Gasteiger partial charge in [0.2, 0.25) is 0 Å². The van der Waals surface area contributed by atoms with Gasteiger partial charge in [-0.1, -0.05) is 30.3 Å². The van der Waals surface area contributed by atoms with Crippen LogP contribution in [-0.2, 0) is 19.9 Å². The number of nitrogens with zero attached hydrogens (tertiary/aromatic N) is 1. The van der Waals surface area contributed by atoms with Crippen LogP contribution in [0.25, 0.3) is 0 Å². The summed E-state index contributed by atoms with van der Waals surface area (Å²) in [6.45, 7) is 2.04. The Kier molecular flexibility index (Phi) is 5.92. The van der Waals surface area contributed by atoms with Gasteiger partial charge in [-0.25, -0.2) is 4.79 Å². The Balaban J connectivity index is 1.92. The maximum Gasteiger partial charge on any atom is 0.344 e. The van der Waals surface area contributed by atoms with Crippen LogP contribution in [0.3, 0.4) is 0 Å². The van der Waals surface area contributed by atoms with Crippen molar-refractivity contribution in [1.29, 1.82) is 0 Å². The lowest BCUT2D eigenvalue weighted by atomic mass is 9.92. The lowest BCUT2D eigenvalue weighted by molar-refractivity contribution is -0.140. The first kappa shape index (κ1) is 18.7. The molecule has 25 heavy (non-hydrogen) atoms. The molecule has 2 rings (SSSR count). The highest BCUT2D eigenvalue weighted by atomic mass is 32.1. The summed E-state index contributed by atoms with van der Waals surface area (Å²) in [5.41, 5.74) is 2.10. The van der Waals surface area contributed by atoms with Gasteiger partial charge in [0.15, 0.2) is 5.11 Å². The number of esters is 1. The highest BCUT2D eigenvalue weighted by molar-refractivity contribution is 7.80. The van der Waals surface area contributed by atoms with Gasteiger partial charge in [0.25, 0.3) is 5.91 Å². The van der Waals surface area contributed by atoms with Crippen molar-refractivity contribution in [2.75, 3.05) is 13.7 Å². The number of methoxy groups -OCH3 is 1. The van der Waals surface area contributed by atoms with Crippen molar-refractivity contribution in [2.45, 2.75) is 25.3 Å². The molecule has 1 aliphatic rings. The van der Waals surface area contributed by atoms with Gasteiger partial charge in [0.05, 0.1) is 7.11 Å². The summed E-state index contributed by atoms with van der Waals surface area (Å²) in [5, 5.41) is 6.47. The van der Waals surface area contributed by atoms with Crippen molar-refractivity contribution >= 4 is 35.2 Å². The van der Waals surface area contributed by atoms with Crippen molar-refractivity contribution in [3.05, 3.63) is 35.9 Å². The molecular formula is C16H20N4O4S. The second-order valence-electron chi connectivity index (χ2n) is 5.61. The fourth-order valence-electron chi connectivity index (χ4n) is 2.39. The number of benzene rings is 1. The zero-order chi connectivity index (χ0) is 18.4. The number of ether oxygens (including phenoxy) is 1. The Hall–Kier alpha value is -2.68. The highest BCUT2D eigenvalue weighted by Crippen LogP contribution is 2.27. The number of carbonyl (C=O) groups is 3. The average molecular weight is 364 g/mol. The smallest absolute Gasteiger partial charge is 0.344 e. The van der Waals surface area contributed by atoms with Crippen molar-refractivity contribution in [1.82, 2.24) is 21.1 Å². The van der Waals surface area contributed by atoms with Gasteiger partial charge >= 0.3 is 12.0 Å². The molecule has 1 fully saturated rings. The predicted octanol–water partition coefficient (Wildman–Crippen LogP) is 0.786. The molecule has 3 N–H and O–H groups in total. The third-order valence-corrected chi connectivity index (χ3v) is 4.06. The van der Waals surface area contributed by atoms with E-state index in [1.807, 2.05) is 6.07 Å². The molecule has 0 aliphatic carbocycles. The molecule has 0 radical (unpaired) electrons. The molecule has 3 amide bonds. The number of carbonyl (C=O) groups excluding carboxylic acids is 3. The minimum absolute atomic E-state index is 0.116. The minimum atomic E-state index is -1.16. The number of hydrazine groups is 1. The van der Waals surface area contributed by atoms with E-state index in [-0.39, 0.29) is 17.5 Å². The number of hydrogen-bond donors (Lipinski definition) is 3. The Bertz CT molecular complexity index is 682. The normalized spacial score (nSPS) is 19.4. The monoisotopic (exact) mass is 364 g/mol. The van der Waals surface area contributed by atoms with Gasteiger partial charge in [-0.05, 0) is 31.1 Å². The quantitative estimate of drug-likeness (QED) is 0.297. The maximum absolute atomic E-state index is 12.7. The fraction of sp³-hybridized carbons (Fsp3) is 0.375. The number of nitrogens with one attached hydrogen (secondary N) is 3. The lowest BCUT2D eigenvalue weighted by Crippen LogP contribution is -2.51. The zero-order valence-corrected chi connectivity index (χ0v) is 14.8. The van der Waals surface area contributed by atoms with Crippen LogP contribution in [0.2, 0.25) is 0 Å². The van der Waals surface area contributed by atoms with Crippen molar-refractivity contribution in [3.8, 4) is 0 Å². The summed E-state index contributed by atoms with van der Waals surface area (Å²) in [7, 11) is 1.32. The van der Waals surface area contributed by atoms with Crippen LogP contribution in [0.15, 0.2) is 30.3 Å². The summed E-state index contributed by atoms with van der Waals surface area (Å²) in [6, 6.07) is 8.37. The number of thiocarbonyl (C=S) groups is 1. The summed E-state index contributed by atoms with van der Waals surface area (Å²) in [4.78, 5) is 35.8. The van der Waals surface area contributed by atoms with Crippen LogP contribution in [0, 0.1) is 0 Å². The number of imide groups is 1. The van der Waals surface area contributed by atoms with Gasteiger partial charge < -0.3 is 15.4 Å². The van der Waals surface area contributed by atoms with Crippen molar-refractivity contribution in [2.24, 2.45) is 0 Å². The second-order valence-corrected chi connectivity index (χ2v) is 6.02. The van der Waals surface area contributed by atoms with Gasteiger partial charge in [-0.15, -0.1) is 0 Å². The van der Waals surface area contributed by atoms with E-state index in [1.54, 1.807) is 31.2 Å². The van der Waals surface area contributed by atoms with E-state index in [9.17, 15) is 14.4 Å². The van der Waals surface area contributed by atoms with E-state index in [0.717, 1.165) is 5.01 Å². The number of urea groups is 1. The van der Waals surface area contributed by atoms with Crippen LogP contribution < -0.4 is 16.1 Å². The summed E-state index contributed by atoms with van der Waals surface area (Å²) in [6.07, 6.45) is 0.762. The Morgan fingerprint density at radius 2 is 2.00 bits per heavy atom. The Morgan fingerprint density at radius 3 is 2.64 bits per heavy atom. The molecule has 1 atom stereocenters. The lowest BCUT2D eigenvalue weighted by Gasteiger charge is -2.22. The molecular weight excluding hydrogens is 344 g/mol. The van der Waals surface area contributed by atoms with Crippen LogP contribution >= 0.6 is 12.2 Å². The molecule has 1 heterocycles. The topological polar surface area (TPSA) is 99.8 Å². The molecule has 0 bridgehead atoms. The molecule has 1 saturated heterocycles. The Labute approximate surface area is 150 Å². The zero-order valence-electron chi connectivity index (χ0n) is 14.0. The maximum atomic E-state index is 12.7. The Morgan fingerprint density at radius 1 is 1.32 bits per heavy atom. The minimum Gasteiger partial charge on any atom is -0.469 e. The SMILES string of the molecule is COC(=O)CCCNC(=S)NN1C(=O)N[C@](C)(c2ccccc2)C1=O. The van der Waals surface area contributed by atoms with Crippen LogP contribution in [0.1, 0.15) is 25.3 Å². The molecule has 1 aliphatic heterocycles.